The summed E-state index contributed by atoms with van der Waals surface area (Å²) in [6.45, 7) is 3.85. The van der Waals surface area contributed by atoms with Crippen LogP contribution in [-0.4, -0.2) is 28.0 Å². The van der Waals surface area contributed by atoms with Crippen molar-refractivity contribution in [3.05, 3.63) is 18.1 Å². The van der Waals surface area contributed by atoms with Gasteiger partial charge in [0.25, 0.3) is 0 Å². The van der Waals surface area contributed by atoms with E-state index in [4.69, 9.17) is 5.73 Å². The lowest BCUT2D eigenvalue weighted by Gasteiger charge is -2.39. The normalized spacial score (nSPS) is 28.4. The summed E-state index contributed by atoms with van der Waals surface area (Å²) < 4.78 is 0. The molecule has 1 fully saturated rings. The highest BCUT2D eigenvalue weighted by Crippen LogP contribution is 2.43. The number of nitrogens with zero attached hydrogens (tertiary/aromatic N) is 3. The van der Waals surface area contributed by atoms with Crippen molar-refractivity contribution in [2.45, 2.75) is 44.2 Å². The lowest BCUT2D eigenvalue weighted by molar-refractivity contribution is -0.122. The molecule has 6 heteroatoms. The molecule has 1 aliphatic carbocycles. The Kier molecular flexibility index (Phi) is 3.07. The molecule has 98 valence electrons. The predicted octanol–water partition coefficient (Wildman–Crippen LogP) is 1.01. The SMILES string of the molecule is CC1(C)C(=O)N(C2CC(N)C2)c2ncncc21.Cl. The highest BCUT2D eigenvalue weighted by atomic mass is 35.5. The first-order chi connectivity index (χ1) is 8.01. The summed E-state index contributed by atoms with van der Waals surface area (Å²) in [5.74, 6) is 0.886. The number of amides is 1. The van der Waals surface area contributed by atoms with E-state index in [9.17, 15) is 4.79 Å². The minimum Gasteiger partial charge on any atom is -0.328 e. The molecule has 2 N–H and O–H groups in total. The third-order valence-corrected chi connectivity index (χ3v) is 3.86. The Morgan fingerprint density at radius 2 is 2.11 bits per heavy atom. The van der Waals surface area contributed by atoms with Crippen molar-refractivity contribution in [1.29, 1.82) is 0 Å². The predicted molar refractivity (Wildman–Crippen MR) is 70.8 cm³/mol. The summed E-state index contributed by atoms with van der Waals surface area (Å²) in [5.41, 5.74) is 6.20. The topological polar surface area (TPSA) is 72.1 Å². The van der Waals surface area contributed by atoms with Crippen LogP contribution in [-0.2, 0) is 10.2 Å². The quantitative estimate of drug-likeness (QED) is 0.825. The molecule has 0 atom stereocenters. The number of hydrogen-bond acceptors (Lipinski definition) is 4. The molecule has 1 amide bonds. The van der Waals surface area contributed by atoms with Gasteiger partial charge in [0.05, 0.1) is 5.41 Å². The van der Waals surface area contributed by atoms with E-state index in [1.165, 1.54) is 6.33 Å². The zero-order chi connectivity index (χ0) is 12.2. The van der Waals surface area contributed by atoms with E-state index in [0.29, 0.717) is 0 Å². The highest BCUT2D eigenvalue weighted by molar-refractivity contribution is 6.06. The molecule has 1 aromatic heterocycles. The van der Waals surface area contributed by atoms with Crippen LogP contribution >= 0.6 is 12.4 Å². The average Bonchev–Trinajstić information content (AvgIpc) is 2.45. The van der Waals surface area contributed by atoms with Gasteiger partial charge in [-0.2, -0.15) is 0 Å². The van der Waals surface area contributed by atoms with Crippen LogP contribution in [0.5, 0.6) is 0 Å². The van der Waals surface area contributed by atoms with Gasteiger partial charge < -0.3 is 5.73 Å². The Balaban J connectivity index is 0.00000120. The molecule has 5 nitrogen and oxygen atoms in total. The van der Waals surface area contributed by atoms with Crippen LogP contribution in [0.3, 0.4) is 0 Å². The van der Waals surface area contributed by atoms with Crippen molar-refractivity contribution in [3.8, 4) is 0 Å². The Hall–Kier alpha value is -1.20. The van der Waals surface area contributed by atoms with E-state index in [-0.39, 0.29) is 30.4 Å². The fourth-order valence-electron chi connectivity index (χ4n) is 2.65. The second kappa shape index (κ2) is 4.17. The van der Waals surface area contributed by atoms with Crippen LogP contribution in [0.2, 0.25) is 0 Å². The maximum absolute atomic E-state index is 12.4. The Morgan fingerprint density at radius 3 is 2.72 bits per heavy atom. The highest BCUT2D eigenvalue weighted by Gasteiger charge is 2.49. The summed E-state index contributed by atoms with van der Waals surface area (Å²) in [4.78, 5) is 22.6. The van der Waals surface area contributed by atoms with Gasteiger partial charge in [-0.3, -0.25) is 9.69 Å². The maximum atomic E-state index is 12.4. The van der Waals surface area contributed by atoms with Gasteiger partial charge in [-0.05, 0) is 26.7 Å². The van der Waals surface area contributed by atoms with Gasteiger partial charge in [0.2, 0.25) is 5.91 Å². The standard InChI is InChI=1S/C12H16N4O.ClH/c1-12(2)9-5-14-6-15-10(9)16(11(12)17)8-3-7(13)4-8;/h5-8H,3-4,13H2,1-2H3;1H. The molecule has 0 bridgehead atoms. The third-order valence-electron chi connectivity index (χ3n) is 3.86. The maximum Gasteiger partial charge on any atom is 0.238 e. The number of aromatic nitrogens is 2. The molecule has 0 radical (unpaired) electrons. The lowest BCUT2D eigenvalue weighted by Crippen LogP contribution is -2.53. The van der Waals surface area contributed by atoms with E-state index < -0.39 is 5.41 Å². The Labute approximate surface area is 112 Å². The molecule has 0 aromatic carbocycles. The van der Waals surface area contributed by atoms with Crippen LogP contribution in [0, 0.1) is 0 Å². The fourth-order valence-corrected chi connectivity index (χ4v) is 2.65. The number of nitrogens with two attached hydrogens (primary N) is 1. The Morgan fingerprint density at radius 1 is 1.44 bits per heavy atom. The van der Waals surface area contributed by atoms with E-state index in [2.05, 4.69) is 9.97 Å². The number of anilines is 1. The van der Waals surface area contributed by atoms with Crippen molar-refractivity contribution < 1.29 is 4.79 Å². The van der Waals surface area contributed by atoms with Gasteiger partial charge in [0, 0.05) is 23.8 Å². The van der Waals surface area contributed by atoms with Crippen LogP contribution in [0.1, 0.15) is 32.3 Å². The van der Waals surface area contributed by atoms with Crippen molar-refractivity contribution in [1.82, 2.24) is 9.97 Å². The van der Waals surface area contributed by atoms with Gasteiger partial charge in [-0.15, -0.1) is 12.4 Å². The zero-order valence-corrected chi connectivity index (χ0v) is 11.3. The molecule has 2 heterocycles. The molecule has 1 saturated carbocycles. The third kappa shape index (κ3) is 1.61. The summed E-state index contributed by atoms with van der Waals surface area (Å²) in [5, 5.41) is 0. The molecule has 3 rings (SSSR count). The van der Waals surface area contributed by atoms with Crippen LogP contribution < -0.4 is 10.6 Å². The van der Waals surface area contributed by atoms with Gasteiger partial charge in [0.15, 0.2) is 0 Å². The van der Waals surface area contributed by atoms with Crippen molar-refractivity contribution in [2.75, 3.05) is 4.90 Å². The first kappa shape index (κ1) is 13.2. The average molecular weight is 269 g/mol. The molecule has 18 heavy (non-hydrogen) atoms. The number of carbonyl (C=O) groups is 1. The molecule has 2 aliphatic rings. The summed E-state index contributed by atoms with van der Waals surface area (Å²) >= 11 is 0. The summed E-state index contributed by atoms with van der Waals surface area (Å²) in [7, 11) is 0. The first-order valence-corrected chi connectivity index (χ1v) is 5.91. The second-order valence-electron chi connectivity index (χ2n) is 5.45. The largest absolute Gasteiger partial charge is 0.328 e. The molecule has 1 aromatic rings. The van der Waals surface area contributed by atoms with E-state index in [1.54, 1.807) is 6.20 Å². The van der Waals surface area contributed by atoms with Crippen molar-refractivity contribution in [3.63, 3.8) is 0 Å². The Bertz CT molecular complexity index is 485. The summed E-state index contributed by atoms with van der Waals surface area (Å²) in [6, 6.07) is 0.440. The lowest BCUT2D eigenvalue weighted by atomic mass is 9.85. The monoisotopic (exact) mass is 268 g/mol. The van der Waals surface area contributed by atoms with Gasteiger partial charge >= 0.3 is 0 Å². The van der Waals surface area contributed by atoms with Crippen molar-refractivity contribution >= 4 is 24.1 Å². The zero-order valence-electron chi connectivity index (χ0n) is 10.5. The van der Waals surface area contributed by atoms with Gasteiger partial charge in [-0.25, -0.2) is 9.97 Å². The molecule has 1 aliphatic heterocycles. The number of fused-ring (bicyclic) bond motifs is 1. The number of rotatable bonds is 1. The van der Waals surface area contributed by atoms with Gasteiger partial charge in [-0.1, -0.05) is 0 Å². The first-order valence-electron chi connectivity index (χ1n) is 5.91. The van der Waals surface area contributed by atoms with E-state index in [0.717, 1.165) is 24.2 Å². The van der Waals surface area contributed by atoms with E-state index >= 15 is 0 Å². The van der Waals surface area contributed by atoms with Crippen LogP contribution in [0.15, 0.2) is 12.5 Å². The number of hydrogen-bond donors (Lipinski definition) is 1. The minimum atomic E-state index is -0.518. The van der Waals surface area contributed by atoms with E-state index in [1.807, 2.05) is 18.7 Å². The van der Waals surface area contributed by atoms with Crippen molar-refractivity contribution in [2.24, 2.45) is 5.73 Å². The van der Waals surface area contributed by atoms with Crippen LogP contribution in [0.4, 0.5) is 5.82 Å². The molecular weight excluding hydrogens is 252 g/mol. The number of carbonyl (C=O) groups excluding carboxylic acids is 1. The molecule has 0 unspecified atom stereocenters. The smallest absolute Gasteiger partial charge is 0.238 e. The van der Waals surface area contributed by atoms with Crippen LogP contribution in [0.25, 0.3) is 0 Å². The minimum absolute atomic E-state index is 0. The molecular formula is C12H17ClN4O. The molecule has 0 spiro atoms. The summed E-state index contributed by atoms with van der Waals surface area (Å²) in [6.07, 6.45) is 4.98. The second-order valence-corrected chi connectivity index (χ2v) is 5.45. The number of halogens is 1. The fraction of sp³-hybridized carbons (Fsp3) is 0.583. The molecule has 0 saturated heterocycles. The van der Waals surface area contributed by atoms with Gasteiger partial charge in [0.1, 0.15) is 12.1 Å².